The number of ether oxygens (including phenoxy) is 1. The van der Waals surface area contributed by atoms with Gasteiger partial charge in [-0.25, -0.2) is 10.9 Å². The van der Waals surface area contributed by atoms with E-state index in [1.54, 1.807) is 72.8 Å². The zero-order valence-electron chi connectivity index (χ0n) is 55.5. The van der Waals surface area contributed by atoms with Crippen LogP contribution in [0, 0.1) is 0 Å². The molecule has 0 saturated heterocycles. The molecule has 27 nitrogen and oxygen atoms in total. The van der Waals surface area contributed by atoms with Gasteiger partial charge in [0.1, 0.15) is 44.2 Å². The second-order valence-corrected chi connectivity index (χ2v) is 34.3. The molecule has 0 fully saturated rings. The highest BCUT2D eigenvalue weighted by molar-refractivity contribution is 9.11. The monoisotopic (exact) mass is 1930 g/mol. The van der Waals surface area contributed by atoms with Crippen molar-refractivity contribution >= 4 is 279 Å². The molecule has 572 valence electrons. The van der Waals surface area contributed by atoms with E-state index >= 15 is 0 Å². The Morgan fingerprint density at radius 3 is 0.982 bits per heavy atom. The molecule has 0 aliphatic rings. The van der Waals surface area contributed by atoms with E-state index in [-0.39, 0.29) is 103 Å². The Hall–Kier alpha value is -7.62. The molecule has 41 heteroatoms. The van der Waals surface area contributed by atoms with E-state index in [2.05, 4.69) is 106 Å². The number of rotatable bonds is 30. The van der Waals surface area contributed by atoms with Gasteiger partial charge in [0.2, 0.25) is 0 Å². The summed E-state index contributed by atoms with van der Waals surface area (Å²) in [6.07, 6.45) is 8.85. The summed E-state index contributed by atoms with van der Waals surface area (Å²) in [4.78, 5) is 27.3. The molecule has 8 aromatic carbocycles. The molecule has 0 unspecified atom stereocenters. The second-order valence-electron chi connectivity index (χ2n) is 22.7. The van der Waals surface area contributed by atoms with Crippen molar-refractivity contribution < 1.29 is 76.4 Å². The number of benzene rings is 8. The van der Waals surface area contributed by atoms with Crippen molar-refractivity contribution in [1.29, 1.82) is 0 Å². The highest BCUT2D eigenvalue weighted by Crippen LogP contribution is 2.36. The van der Waals surface area contributed by atoms with Gasteiger partial charge < -0.3 is 46.0 Å². The van der Waals surface area contributed by atoms with Crippen LogP contribution in [-0.2, 0) is 54.8 Å². The lowest BCUT2D eigenvalue weighted by atomic mass is 10.1. The Labute approximate surface area is 690 Å². The topological polar surface area (TPSA) is 405 Å². The van der Waals surface area contributed by atoms with Gasteiger partial charge in [-0.15, -0.1) is 0 Å². The second kappa shape index (κ2) is 39.0. The molecule has 109 heavy (non-hydrogen) atoms. The predicted octanol–water partition coefficient (Wildman–Crippen LogP) is 15.2. The molecule has 0 bridgehead atoms. The Kier molecular flexibility index (Phi) is 31.1. The molecule has 0 aliphatic heterocycles. The van der Waals surface area contributed by atoms with E-state index in [1.165, 1.54) is 95.1 Å². The van der Waals surface area contributed by atoms with Gasteiger partial charge in [-0.05, 0) is 256 Å². The van der Waals surface area contributed by atoms with Crippen molar-refractivity contribution in [3.05, 3.63) is 207 Å². The normalized spacial score (nSPS) is 12.0. The van der Waals surface area contributed by atoms with Gasteiger partial charge in [0, 0.05) is 70.2 Å². The number of anilines is 6. The van der Waals surface area contributed by atoms with Crippen molar-refractivity contribution in [2.45, 2.75) is 45.3 Å². The fraction of sp³-hybridized carbons (Fsp3) is 0.118. The largest absolute Gasteiger partial charge is 0.506 e. The van der Waals surface area contributed by atoms with Crippen LogP contribution in [0.5, 0.6) is 11.5 Å². The minimum atomic E-state index is -4.98. The smallest absolute Gasteiger partial charge is 0.295 e. The number of halogens is 6. The number of carbonyl (C=O) groups excluding carboxylic acids is 2. The predicted molar refractivity (Wildman–Crippen MR) is 453 cm³/mol. The SMILES string of the molecule is O=C(CN(C(=S)Nc1ccc(/C=C/c2ccc(NC(=S)CCCOCCCC(=S)Nc3ccc(/C=C/c4ccc(NC(=S)N(CC(=O)N/N=C/c5cc(Br)c(O)c(Br)c5)c5ccc(Cl)cc5)cc4S(=O)(=O)O)c(S(=O)(=O)O)c3)cc2S(=O)(=O)O)c(S(=O)(=O)O)c1)c1ccc(Cl)cc1)N/N=C/c1cc(Br)c(O)c(Br)c1. The van der Waals surface area contributed by atoms with Crippen molar-refractivity contribution in [3.63, 3.8) is 0 Å². The quantitative estimate of drug-likeness (QED) is 0.00497. The number of phenolic OH excluding ortho intramolecular Hbond substituents is 2. The number of aromatic hydroxyl groups is 2. The van der Waals surface area contributed by atoms with E-state index in [0.29, 0.717) is 63.3 Å². The molecule has 0 radical (unpaired) electrons. The Morgan fingerprint density at radius 1 is 0.431 bits per heavy atom. The van der Waals surface area contributed by atoms with E-state index in [9.17, 15) is 71.7 Å². The Morgan fingerprint density at radius 2 is 0.706 bits per heavy atom. The number of carbonyl (C=O) groups is 2. The van der Waals surface area contributed by atoms with Gasteiger partial charge in [-0.2, -0.15) is 43.9 Å². The molecule has 0 atom stereocenters. The summed E-state index contributed by atoms with van der Waals surface area (Å²) in [6.45, 7) is -0.359. The summed E-state index contributed by atoms with van der Waals surface area (Å²) in [7, 11) is -19.8. The van der Waals surface area contributed by atoms with Crippen molar-refractivity contribution in [3.8, 4) is 11.5 Å². The Balaban J connectivity index is 0.817. The lowest BCUT2D eigenvalue weighted by Crippen LogP contribution is -2.41. The summed E-state index contributed by atoms with van der Waals surface area (Å²) in [5.74, 6) is -1.32. The third-order valence-corrected chi connectivity index (χ3v) is 22.6. The van der Waals surface area contributed by atoms with Crippen LogP contribution in [0.4, 0.5) is 34.1 Å². The highest BCUT2D eigenvalue weighted by atomic mass is 79.9. The molecular weight excluding hydrogens is 1880 g/mol. The molecule has 0 aliphatic carbocycles. The Bertz CT molecular complexity index is 5110. The first-order valence-electron chi connectivity index (χ1n) is 31.0. The van der Waals surface area contributed by atoms with Gasteiger partial charge in [0.05, 0.1) is 40.3 Å². The number of thiocarbonyl (C=S) groups is 4. The van der Waals surface area contributed by atoms with E-state index in [4.69, 9.17) is 76.8 Å². The lowest BCUT2D eigenvalue weighted by molar-refractivity contribution is -0.120. The average molecular weight is 1930 g/mol. The maximum atomic E-state index is 13.2. The third-order valence-electron chi connectivity index (χ3n) is 14.8. The van der Waals surface area contributed by atoms with Gasteiger partial charge in [-0.1, -0.05) is 96.2 Å². The van der Waals surface area contributed by atoms with E-state index in [0.717, 1.165) is 24.3 Å². The van der Waals surface area contributed by atoms with Gasteiger partial charge in [0.25, 0.3) is 52.3 Å². The van der Waals surface area contributed by atoms with Crippen LogP contribution in [0.2, 0.25) is 10.0 Å². The number of hydrogen-bond acceptors (Lipinski definition) is 19. The molecule has 0 spiro atoms. The number of hydrogen-bond donors (Lipinski definition) is 12. The molecular formula is C68H58Br4Cl2N10O17S8. The first-order chi connectivity index (χ1) is 51.3. The standard InChI is InChI=1S/C68H58Br4Cl2N10O17S8/c69-53-27-39(28-54(70)65(53)87)35-75-81-61(85)37-83(51-21-13-45(73)14-22-51)67(104)79-49-19-11-43(59(33-49)108(95,96)97)7-5-41-9-17-47(31-57(41)106(89,90)91)77-63(102)3-1-25-101-26-2-4-64(103)78-48-18-10-42(58(32-48)107(92,93)94)6-8-44-12-20-50(34-60(44)109(98,99)100)80-68(105)84(52-23-15-46(74)16-24-52)38-62(86)82-76-36-40-29-55(71)66(88)56(72)30-40/h5-24,27-36,87-88H,1-4,25-26,37-38H2,(H,77,102)(H,78,103)(H,79,104)(H,80,105)(H,81,85)(H,82,86)(H,89,90,91)(H,92,93,94)(H,95,96,97)(H,98,99,100)/b7-5+,8-6+,75-35+,76-36+. The number of hydrazone groups is 2. The van der Waals surface area contributed by atoms with Crippen LogP contribution >= 0.6 is 136 Å². The molecule has 0 heterocycles. The van der Waals surface area contributed by atoms with Crippen molar-refractivity contribution in [2.24, 2.45) is 10.2 Å². The summed E-state index contributed by atoms with van der Waals surface area (Å²) < 4.78 is 151. The highest BCUT2D eigenvalue weighted by Gasteiger charge is 2.24. The fourth-order valence-corrected chi connectivity index (χ4v) is 16.3. The summed E-state index contributed by atoms with van der Waals surface area (Å²) >= 11 is 47.6. The third kappa shape index (κ3) is 26.3. The zero-order valence-corrected chi connectivity index (χ0v) is 69.9. The minimum absolute atomic E-state index is 0.0291. The molecule has 0 saturated carbocycles. The fourth-order valence-electron chi connectivity index (χ4n) is 9.69. The molecule has 8 aromatic rings. The number of phenols is 2. The van der Waals surface area contributed by atoms with Crippen LogP contribution in [-0.4, -0.2) is 133 Å². The summed E-state index contributed by atoms with van der Waals surface area (Å²) in [5.41, 5.74) is 6.72. The summed E-state index contributed by atoms with van der Waals surface area (Å²) in [6, 6.07) is 34.1. The van der Waals surface area contributed by atoms with E-state index < -0.39 is 85.0 Å². The average Bonchev–Trinajstić information content (AvgIpc) is 0.836. The first-order valence-corrected chi connectivity index (χ1v) is 42.3. The van der Waals surface area contributed by atoms with Crippen molar-refractivity contribution in [2.75, 3.05) is 57.4 Å². The first kappa shape index (κ1) is 87.0. The zero-order chi connectivity index (χ0) is 79.7. The molecule has 8 rings (SSSR count). The van der Waals surface area contributed by atoms with E-state index in [1.807, 2.05) is 0 Å². The van der Waals surface area contributed by atoms with Gasteiger partial charge in [0.15, 0.2) is 10.2 Å². The number of amides is 2. The van der Waals surface area contributed by atoms with Crippen LogP contribution in [0.3, 0.4) is 0 Å². The molecule has 12 N–H and O–H groups in total. The van der Waals surface area contributed by atoms with Crippen molar-refractivity contribution in [1.82, 2.24) is 10.9 Å². The van der Waals surface area contributed by atoms with Crippen LogP contribution in [0.25, 0.3) is 24.3 Å². The molecule has 2 amide bonds. The maximum absolute atomic E-state index is 13.2. The lowest BCUT2D eigenvalue weighted by Gasteiger charge is -2.25. The van der Waals surface area contributed by atoms with Crippen LogP contribution in [0.1, 0.15) is 59.1 Å². The minimum Gasteiger partial charge on any atom is -0.506 e. The number of nitrogens with one attached hydrogen (secondary N) is 6. The summed E-state index contributed by atoms with van der Waals surface area (Å²) in [5, 5.41) is 40.2. The maximum Gasteiger partial charge on any atom is 0.295 e. The molecule has 0 aromatic heterocycles. The van der Waals surface area contributed by atoms with Gasteiger partial charge in [-0.3, -0.25) is 27.8 Å². The van der Waals surface area contributed by atoms with Crippen LogP contribution in [0.15, 0.2) is 193 Å². The number of nitrogens with zero attached hydrogens (tertiary/aromatic N) is 4. The van der Waals surface area contributed by atoms with Crippen LogP contribution < -0.4 is 41.9 Å². The van der Waals surface area contributed by atoms with Gasteiger partial charge >= 0.3 is 0 Å².